The van der Waals surface area contributed by atoms with Crippen LogP contribution in [0.1, 0.15) is 19.7 Å². The maximum absolute atomic E-state index is 8.89. The third-order valence-corrected chi connectivity index (χ3v) is 2.41. The number of anilines is 1. The second kappa shape index (κ2) is 6.02. The fourth-order valence-corrected chi connectivity index (χ4v) is 1.48. The second-order valence-electron chi connectivity index (χ2n) is 3.51. The van der Waals surface area contributed by atoms with Crippen molar-refractivity contribution >= 4 is 21.7 Å². The summed E-state index contributed by atoms with van der Waals surface area (Å²) < 4.78 is 0.786. The zero-order chi connectivity index (χ0) is 11.3. The number of aliphatic hydroxyl groups excluding tert-OH is 1. The summed E-state index contributed by atoms with van der Waals surface area (Å²) in [4.78, 5) is 8.54. The SMILES string of the molecule is CCc1nc(Br)cc(NCC(C)CO)n1. The molecule has 0 spiro atoms. The van der Waals surface area contributed by atoms with Gasteiger partial charge in [-0.1, -0.05) is 13.8 Å². The van der Waals surface area contributed by atoms with E-state index < -0.39 is 0 Å². The van der Waals surface area contributed by atoms with Gasteiger partial charge in [-0.25, -0.2) is 9.97 Å². The van der Waals surface area contributed by atoms with Crippen LogP contribution in [0.3, 0.4) is 0 Å². The normalized spacial score (nSPS) is 12.5. The van der Waals surface area contributed by atoms with Crippen molar-refractivity contribution in [3.8, 4) is 0 Å². The van der Waals surface area contributed by atoms with Crippen molar-refractivity contribution in [2.75, 3.05) is 18.5 Å². The van der Waals surface area contributed by atoms with Crippen molar-refractivity contribution < 1.29 is 5.11 Å². The number of nitrogens with zero attached hydrogens (tertiary/aromatic N) is 2. The molecule has 5 heteroatoms. The van der Waals surface area contributed by atoms with Gasteiger partial charge in [0.05, 0.1) is 0 Å². The van der Waals surface area contributed by atoms with Crippen molar-refractivity contribution in [3.63, 3.8) is 0 Å². The van der Waals surface area contributed by atoms with Gasteiger partial charge in [-0.3, -0.25) is 0 Å². The molecule has 0 aliphatic rings. The average Bonchev–Trinajstić information content (AvgIpc) is 2.25. The van der Waals surface area contributed by atoms with E-state index in [1.807, 2.05) is 19.9 Å². The molecule has 0 aliphatic heterocycles. The minimum Gasteiger partial charge on any atom is -0.396 e. The molecule has 15 heavy (non-hydrogen) atoms. The minimum atomic E-state index is 0.180. The van der Waals surface area contributed by atoms with Crippen molar-refractivity contribution in [2.24, 2.45) is 5.92 Å². The van der Waals surface area contributed by atoms with E-state index in [1.54, 1.807) is 0 Å². The first kappa shape index (κ1) is 12.4. The molecule has 4 nitrogen and oxygen atoms in total. The van der Waals surface area contributed by atoms with E-state index in [4.69, 9.17) is 5.11 Å². The van der Waals surface area contributed by atoms with Gasteiger partial charge in [0.25, 0.3) is 0 Å². The van der Waals surface area contributed by atoms with Crippen LogP contribution in [0.4, 0.5) is 5.82 Å². The van der Waals surface area contributed by atoms with E-state index in [9.17, 15) is 0 Å². The molecule has 0 amide bonds. The Kier molecular flexibility index (Phi) is 4.98. The predicted octanol–water partition coefficient (Wildman–Crippen LogP) is 1.84. The molecule has 1 unspecified atom stereocenters. The molecule has 2 N–H and O–H groups in total. The summed E-state index contributed by atoms with van der Waals surface area (Å²) in [7, 11) is 0. The summed E-state index contributed by atoms with van der Waals surface area (Å²) in [5, 5.41) is 12.1. The quantitative estimate of drug-likeness (QED) is 0.804. The van der Waals surface area contributed by atoms with Crippen LogP contribution in [-0.4, -0.2) is 28.2 Å². The Morgan fingerprint density at radius 1 is 1.53 bits per heavy atom. The Morgan fingerprint density at radius 2 is 2.27 bits per heavy atom. The van der Waals surface area contributed by atoms with Crippen molar-refractivity contribution in [2.45, 2.75) is 20.3 Å². The average molecular weight is 274 g/mol. The first-order chi connectivity index (χ1) is 7.15. The molecule has 0 radical (unpaired) electrons. The van der Waals surface area contributed by atoms with Crippen LogP contribution < -0.4 is 5.32 Å². The highest BCUT2D eigenvalue weighted by molar-refractivity contribution is 9.10. The lowest BCUT2D eigenvalue weighted by molar-refractivity contribution is 0.244. The van der Waals surface area contributed by atoms with Gasteiger partial charge in [-0.05, 0) is 21.8 Å². The fourth-order valence-electron chi connectivity index (χ4n) is 1.06. The van der Waals surface area contributed by atoms with Crippen LogP contribution in [0.2, 0.25) is 0 Å². The van der Waals surface area contributed by atoms with Crippen LogP contribution in [0.15, 0.2) is 10.7 Å². The monoisotopic (exact) mass is 273 g/mol. The van der Waals surface area contributed by atoms with Gasteiger partial charge in [0.15, 0.2) is 0 Å². The lowest BCUT2D eigenvalue weighted by Gasteiger charge is -2.10. The molecule has 1 rings (SSSR count). The Balaban J connectivity index is 2.64. The van der Waals surface area contributed by atoms with Gasteiger partial charge >= 0.3 is 0 Å². The molecule has 0 fully saturated rings. The predicted molar refractivity (Wildman–Crippen MR) is 63.8 cm³/mol. The minimum absolute atomic E-state index is 0.180. The van der Waals surface area contributed by atoms with E-state index in [1.165, 1.54) is 0 Å². The number of nitrogens with one attached hydrogen (secondary N) is 1. The molecule has 0 saturated carbocycles. The zero-order valence-corrected chi connectivity index (χ0v) is 10.6. The third kappa shape index (κ3) is 4.13. The summed E-state index contributed by atoms with van der Waals surface area (Å²) in [6, 6.07) is 1.84. The Labute approximate surface area is 98.3 Å². The molecule has 1 atom stereocenters. The van der Waals surface area contributed by atoms with Gasteiger partial charge in [0.1, 0.15) is 16.2 Å². The number of aryl methyl sites for hydroxylation is 1. The standard InChI is InChI=1S/C10H16BrN3O/c1-3-9-13-8(11)4-10(14-9)12-5-7(2)6-15/h4,7,15H,3,5-6H2,1-2H3,(H,12,13,14). The Hall–Kier alpha value is -0.680. The topological polar surface area (TPSA) is 58.0 Å². The molecule has 1 heterocycles. The first-order valence-corrected chi connectivity index (χ1v) is 5.83. The zero-order valence-electron chi connectivity index (χ0n) is 9.00. The Morgan fingerprint density at radius 3 is 2.87 bits per heavy atom. The van der Waals surface area contributed by atoms with Crippen LogP contribution in [0.5, 0.6) is 0 Å². The van der Waals surface area contributed by atoms with Gasteiger partial charge in [-0.2, -0.15) is 0 Å². The molecular weight excluding hydrogens is 258 g/mol. The highest BCUT2D eigenvalue weighted by Crippen LogP contribution is 2.13. The largest absolute Gasteiger partial charge is 0.396 e. The van der Waals surface area contributed by atoms with Crippen LogP contribution in [0.25, 0.3) is 0 Å². The highest BCUT2D eigenvalue weighted by Gasteiger charge is 2.03. The molecule has 0 saturated heterocycles. The van der Waals surface area contributed by atoms with Crippen LogP contribution in [0, 0.1) is 5.92 Å². The molecular formula is C10H16BrN3O. The number of aromatic nitrogens is 2. The lowest BCUT2D eigenvalue weighted by atomic mass is 10.2. The van der Waals surface area contributed by atoms with Gasteiger partial charge in [-0.15, -0.1) is 0 Å². The summed E-state index contributed by atoms with van der Waals surface area (Å²) in [6.07, 6.45) is 0.809. The van der Waals surface area contributed by atoms with Gasteiger partial charge in [0.2, 0.25) is 0 Å². The summed E-state index contributed by atoms with van der Waals surface area (Å²) >= 11 is 3.34. The molecule has 0 bridgehead atoms. The maximum Gasteiger partial charge on any atom is 0.131 e. The van der Waals surface area contributed by atoms with E-state index in [0.717, 1.165) is 22.7 Å². The molecule has 0 aromatic carbocycles. The smallest absolute Gasteiger partial charge is 0.131 e. The van der Waals surface area contributed by atoms with Crippen molar-refractivity contribution in [1.82, 2.24) is 9.97 Å². The number of hydrogen-bond acceptors (Lipinski definition) is 4. The Bertz CT molecular complexity index is 320. The van der Waals surface area contributed by atoms with Crippen molar-refractivity contribution in [1.29, 1.82) is 0 Å². The molecule has 0 aliphatic carbocycles. The summed E-state index contributed by atoms with van der Waals surface area (Å²) in [5.41, 5.74) is 0. The van der Waals surface area contributed by atoms with Gasteiger partial charge < -0.3 is 10.4 Å². The maximum atomic E-state index is 8.89. The van der Waals surface area contributed by atoms with Gasteiger partial charge in [0, 0.05) is 25.6 Å². The van der Waals surface area contributed by atoms with Crippen LogP contribution in [-0.2, 0) is 6.42 Å². The highest BCUT2D eigenvalue weighted by atomic mass is 79.9. The van der Waals surface area contributed by atoms with E-state index in [-0.39, 0.29) is 12.5 Å². The molecule has 1 aromatic heterocycles. The first-order valence-electron chi connectivity index (χ1n) is 5.04. The van der Waals surface area contributed by atoms with E-state index in [0.29, 0.717) is 6.54 Å². The number of hydrogen-bond donors (Lipinski definition) is 2. The molecule has 1 aromatic rings. The van der Waals surface area contributed by atoms with Crippen LogP contribution >= 0.6 is 15.9 Å². The summed E-state index contributed by atoms with van der Waals surface area (Å²) in [6.45, 7) is 4.88. The van der Waals surface area contributed by atoms with E-state index >= 15 is 0 Å². The van der Waals surface area contributed by atoms with Crippen molar-refractivity contribution in [3.05, 3.63) is 16.5 Å². The second-order valence-corrected chi connectivity index (χ2v) is 4.33. The number of rotatable bonds is 5. The summed E-state index contributed by atoms with van der Waals surface area (Å²) in [5.74, 6) is 1.83. The third-order valence-electron chi connectivity index (χ3n) is 2.00. The number of halogens is 1. The molecule has 84 valence electrons. The number of aliphatic hydroxyl groups is 1. The fraction of sp³-hybridized carbons (Fsp3) is 0.600. The lowest BCUT2D eigenvalue weighted by Crippen LogP contribution is -2.15. The van der Waals surface area contributed by atoms with E-state index in [2.05, 4.69) is 31.2 Å².